The molecule has 192 valence electrons. The lowest BCUT2D eigenvalue weighted by molar-refractivity contribution is -0.120. The SMILES string of the molecule is O=C(NC1C(=O)N(c2ccccc2)c2sc3cc(Cl)ccc3c(=O)c2C1c1ccccc1Cl)c1ccccc1. The average Bonchev–Trinajstić information content (AvgIpc) is 2.95. The van der Waals surface area contributed by atoms with Gasteiger partial charge in [-0.3, -0.25) is 19.3 Å². The molecule has 0 spiro atoms. The monoisotopic (exact) mass is 570 g/mol. The number of amides is 2. The molecule has 8 heteroatoms. The Balaban J connectivity index is 1.65. The van der Waals surface area contributed by atoms with Crippen LogP contribution in [0.25, 0.3) is 10.1 Å². The summed E-state index contributed by atoms with van der Waals surface area (Å²) < 4.78 is 0.657. The summed E-state index contributed by atoms with van der Waals surface area (Å²) >= 11 is 14.3. The van der Waals surface area contributed by atoms with Crippen molar-refractivity contribution in [3.63, 3.8) is 0 Å². The number of nitrogens with zero attached hydrogens (tertiary/aromatic N) is 1. The molecule has 0 aliphatic carbocycles. The molecule has 5 nitrogen and oxygen atoms in total. The Morgan fingerprint density at radius 3 is 2.21 bits per heavy atom. The summed E-state index contributed by atoms with van der Waals surface area (Å²) in [5.74, 6) is -1.62. The Morgan fingerprint density at radius 2 is 1.49 bits per heavy atom. The molecule has 0 bridgehead atoms. The highest BCUT2D eigenvalue weighted by Crippen LogP contribution is 2.47. The van der Waals surface area contributed by atoms with Crippen molar-refractivity contribution in [2.24, 2.45) is 0 Å². The first-order chi connectivity index (χ1) is 18.9. The number of para-hydroxylation sites is 1. The van der Waals surface area contributed by atoms with E-state index in [-0.39, 0.29) is 11.3 Å². The Bertz CT molecular complexity index is 1790. The van der Waals surface area contributed by atoms with Crippen LogP contribution in [0, 0.1) is 0 Å². The molecule has 2 unspecified atom stereocenters. The maximum absolute atomic E-state index is 14.4. The summed E-state index contributed by atoms with van der Waals surface area (Å²) in [6.07, 6.45) is 0. The van der Waals surface area contributed by atoms with Gasteiger partial charge in [0, 0.05) is 42.9 Å². The smallest absolute Gasteiger partial charge is 0.255 e. The van der Waals surface area contributed by atoms with Gasteiger partial charge in [-0.05, 0) is 54.1 Å². The molecule has 2 atom stereocenters. The lowest BCUT2D eigenvalue weighted by atomic mass is 9.81. The van der Waals surface area contributed by atoms with Gasteiger partial charge in [-0.15, -0.1) is 11.3 Å². The number of carbonyl (C=O) groups is 2. The number of rotatable bonds is 4. The van der Waals surface area contributed by atoms with Crippen molar-refractivity contribution in [1.29, 1.82) is 0 Å². The van der Waals surface area contributed by atoms with E-state index in [1.165, 1.54) is 16.2 Å². The molecule has 0 radical (unpaired) electrons. The third-order valence-corrected chi connectivity index (χ3v) is 8.51. The van der Waals surface area contributed by atoms with E-state index in [2.05, 4.69) is 5.32 Å². The predicted octanol–water partition coefficient (Wildman–Crippen LogP) is 7.18. The molecule has 2 amide bonds. The van der Waals surface area contributed by atoms with Gasteiger partial charge in [0.1, 0.15) is 11.0 Å². The fourth-order valence-electron chi connectivity index (χ4n) is 5.00. The van der Waals surface area contributed by atoms with E-state index >= 15 is 0 Å². The lowest BCUT2D eigenvalue weighted by Crippen LogP contribution is -2.54. The summed E-state index contributed by atoms with van der Waals surface area (Å²) in [4.78, 5) is 43.6. The number of halogens is 2. The number of anilines is 2. The van der Waals surface area contributed by atoms with Crippen LogP contribution in [0.15, 0.2) is 108 Å². The van der Waals surface area contributed by atoms with Crippen LogP contribution in [0.3, 0.4) is 0 Å². The summed E-state index contributed by atoms with van der Waals surface area (Å²) in [5, 5.41) is 4.78. The van der Waals surface area contributed by atoms with Crippen molar-refractivity contribution in [2.75, 3.05) is 4.90 Å². The Hall–Kier alpha value is -3.97. The Labute approximate surface area is 238 Å². The highest BCUT2D eigenvalue weighted by atomic mass is 35.5. The molecule has 6 rings (SSSR count). The van der Waals surface area contributed by atoms with Crippen LogP contribution in [0.1, 0.15) is 27.4 Å². The van der Waals surface area contributed by atoms with Crippen LogP contribution in [0.5, 0.6) is 0 Å². The van der Waals surface area contributed by atoms with Gasteiger partial charge in [0.2, 0.25) is 0 Å². The van der Waals surface area contributed by atoms with Crippen LogP contribution in [-0.4, -0.2) is 17.9 Å². The molecule has 0 saturated carbocycles. The number of hydrogen-bond donors (Lipinski definition) is 1. The standard InChI is InChI=1S/C31H20Cl2N2O3S/c32-19-15-16-22-24(17-19)39-31-26(28(22)36)25(21-13-7-8-14-23(21)33)27(34-29(37)18-9-3-1-4-10-18)30(38)35(31)20-11-5-2-6-12-20/h1-17,25,27H,(H,34,37). The van der Waals surface area contributed by atoms with Crippen LogP contribution >= 0.6 is 34.5 Å². The minimum atomic E-state index is -1.10. The van der Waals surface area contributed by atoms with Crippen molar-refractivity contribution >= 4 is 67.1 Å². The number of fused-ring (bicyclic) bond motifs is 2. The van der Waals surface area contributed by atoms with Crippen LogP contribution < -0.4 is 15.6 Å². The molecule has 1 aliphatic heterocycles. The Morgan fingerprint density at radius 1 is 0.821 bits per heavy atom. The van der Waals surface area contributed by atoms with E-state index < -0.39 is 17.9 Å². The van der Waals surface area contributed by atoms with Crippen molar-refractivity contribution < 1.29 is 9.59 Å². The zero-order valence-corrected chi connectivity index (χ0v) is 22.6. The topological polar surface area (TPSA) is 66.5 Å². The fraction of sp³-hybridized carbons (Fsp3) is 0.0645. The minimum Gasteiger partial charge on any atom is -0.339 e. The first kappa shape index (κ1) is 25.3. The lowest BCUT2D eigenvalue weighted by Gasteiger charge is -2.39. The van der Waals surface area contributed by atoms with E-state index in [1.54, 1.807) is 78.9 Å². The molecular weight excluding hydrogens is 551 g/mol. The quantitative estimate of drug-likeness (QED) is 0.249. The predicted molar refractivity (Wildman–Crippen MR) is 158 cm³/mol. The highest BCUT2D eigenvalue weighted by molar-refractivity contribution is 7.22. The van der Waals surface area contributed by atoms with Crippen LogP contribution in [-0.2, 0) is 4.79 Å². The second-order valence-corrected chi connectivity index (χ2v) is 11.0. The zero-order valence-electron chi connectivity index (χ0n) is 20.3. The number of nitrogens with one attached hydrogen (secondary N) is 1. The van der Waals surface area contributed by atoms with E-state index in [1.807, 2.05) is 24.3 Å². The summed E-state index contributed by atoms with van der Waals surface area (Å²) in [6.45, 7) is 0. The molecule has 0 fully saturated rings. The van der Waals surface area contributed by atoms with Gasteiger partial charge in [-0.1, -0.05) is 77.8 Å². The van der Waals surface area contributed by atoms with Crippen LogP contribution in [0.4, 0.5) is 10.7 Å². The summed E-state index contributed by atoms with van der Waals surface area (Å²) in [5.41, 5.74) is 1.71. The molecule has 5 aromatic rings. The first-order valence-electron chi connectivity index (χ1n) is 12.2. The van der Waals surface area contributed by atoms with Crippen molar-refractivity contribution in [3.8, 4) is 0 Å². The van der Waals surface area contributed by atoms with Gasteiger partial charge < -0.3 is 5.32 Å². The Kier molecular flexibility index (Phi) is 6.69. The highest BCUT2D eigenvalue weighted by Gasteiger charge is 2.45. The first-order valence-corrected chi connectivity index (χ1v) is 13.8. The third kappa shape index (κ3) is 4.51. The summed E-state index contributed by atoms with van der Waals surface area (Å²) in [6, 6.07) is 28.8. The van der Waals surface area contributed by atoms with Gasteiger partial charge >= 0.3 is 0 Å². The molecule has 39 heavy (non-hydrogen) atoms. The number of hydrogen-bond acceptors (Lipinski definition) is 4. The average molecular weight is 571 g/mol. The van der Waals surface area contributed by atoms with E-state index in [4.69, 9.17) is 23.2 Å². The summed E-state index contributed by atoms with van der Waals surface area (Å²) in [7, 11) is 0. The molecule has 1 N–H and O–H groups in total. The van der Waals surface area contributed by atoms with Crippen molar-refractivity contribution in [3.05, 3.63) is 140 Å². The maximum Gasteiger partial charge on any atom is 0.255 e. The molecule has 1 aliphatic rings. The number of benzene rings is 4. The van der Waals surface area contributed by atoms with Crippen molar-refractivity contribution in [2.45, 2.75) is 12.0 Å². The van der Waals surface area contributed by atoms with Crippen molar-refractivity contribution in [1.82, 2.24) is 5.32 Å². The molecule has 4 aromatic carbocycles. The molecule has 2 heterocycles. The number of carbonyl (C=O) groups excluding carboxylic acids is 2. The van der Waals surface area contributed by atoms with Gasteiger partial charge in [-0.2, -0.15) is 0 Å². The van der Waals surface area contributed by atoms with E-state index in [0.717, 1.165) is 0 Å². The molecule has 1 aromatic heterocycles. The van der Waals surface area contributed by atoms with Gasteiger partial charge in [0.15, 0.2) is 5.43 Å². The molecular formula is C31H20Cl2N2O3S. The second-order valence-electron chi connectivity index (χ2n) is 9.12. The van der Waals surface area contributed by atoms with Gasteiger partial charge in [0.25, 0.3) is 11.8 Å². The van der Waals surface area contributed by atoms with Gasteiger partial charge in [-0.25, -0.2) is 0 Å². The molecule has 0 saturated heterocycles. The van der Waals surface area contributed by atoms with Gasteiger partial charge in [0.05, 0.1) is 0 Å². The van der Waals surface area contributed by atoms with Crippen LogP contribution in [0.2, 0.25) is 10.0 Å². The minimum absolute atomic E-state index is 0.243. The fourth-order valence-corrected chi connectivity index (χ4v) is 6.77. The third-order valence-electron chi connectivity index (χ3n) is 6.78. The second kappa shape index (κ2) is 10.3. The van der Waals surface area contributed by atoms with E-state index in [0.29, 0.717) is 47.5 Å². The zero-order chi connectivity index (χ0) is 27.1. The van der Waals surface area contributed by atoms with E-state index in [9.17, 15) is 14.4 Å². The maximum atomic E-state index is 14.4. The largest absolute Gasteiger partial charge is 0.339 e. The normalized spacial score (nSPS) is 16.7.